The van der Waals surface area contributed by atoms with Gasteiger partial charge in [-0.1, -0.05) is 27.7 Å². The summed E-state index contributed by atoms with van der Waals surface area (Å²) >= 11 is 0. The van der Waals surface area contributed by atoms with Crippen molar-refractivity contribution in [3.63, 3.8) is 0 Å². The molecular weight excluding hydrogens is 188 g/mol. The van der Waals surface area contributed by atoms with Gasteiger partial charge in [0.2, 0.25) is 5.91 Å². The third kappa shape index (κ3) is 5.41. The van der Waals surface area contributed by atoms with Crippen LogP contribution >= 0.6 is 0 Å². The summed E-state index contributed by atoms with van der Waals surface area (Å²) in [5.74, 6) is 0.246. The summed E-state index contributed by atoms with van der Waals surface area (Å²) in [5.41, 5.74) is -0.650. The summed E-state index contributed by atoms with van der Waals surface area (Å²) in [6, 6.07) is 2.05. The Kier molecular flexibility index (Phi) is 4.33. The second kappa shape index (κ2) is 4.65. The van der Waals surface area contributed by atoms with Gasteiger partial charge in [-0.05, 0) is 25.2 Å². The summed E-state index contributed by atoms with van der Waals surface area (Å²) < 4.78 is 0. The molecule has 0 spiro atoms. The van der Waals surface area contributed by atoms with E-state index in [-0.39, 0.29) is 11.3 Å². The van der Waals surface area contributed by atoms with Crippen molar-refractivity contribution in [1.29, 1.82) is 5.26 Å². The molecule has 0 aromatic carbocycles. The molecule has 3 nitrogen and oxygen atoms in total. The third-order valence-corrected chi connectivity index (χ3v) is 2.70. The lowest BCUT2D eigenvalue weighted by atomic mass is 9.80. The molecule has 0 radical (unpaired) electrons. The molecule has 0 rings (SSSR count). The van der Waals surface area contributed by atoms with Crippen molar-refractivity contribution in [1.82, 2.24) is 5.32 Å². The first-order valence-corrected chi connectivity index (χ1v) is 5.31. The van der Waals surface area contributed by atoms with Crippen LogP contribution < -0.4 is 5.32 Å². The zero-order valence-corrected chi connectivity index (χ0v) is 10.6. The molecular formula is C12H22N2O. The third-order valence-electron chi connectivity index (χ3n) is 2.70. The van der Waals surface area contributed by atoms with E-state index in [9.17, 15) is 4.79 Å². The minimum absolute atomic E-state index is 0.0519. The number of hydrogen-bond donors (Lipinski definition) is 1. The lowest BCUT2D eigenvalue weighted by Gasteiger charge is -2.28. The van der Waals surface area contributed by atoms with Crippen molar-refractivity contribution in [2.45, 2.75) is 53.5 Å². The quantitative estimate of drug-likeness (QED) is 0.778. The van der Waals surface area contributed by atoms with Crippen molar-refractivity contribution in [3.05, 3.63) is 0 Å². The maximum Gasteiger partial charge on any atom is 0.221 e. The molecule has 3 heteroatoms. The molecule has 0 saturated carbocycles. The van der Waals surface area contributed by atoms with E-state index in [1.807, 2.05) is 0 Å². The molecule has 1 atom stereocenters. The van der Waals surface area contributed by atoms with Gasteiger partial charge in [0.15, 0.2) is 0 Å². The number of rotatable bonds is 3. The van der Waals surface area contributed by atoms with Gasteiger partial charge in [0.1, 0.15) is 5.54 Å². The van der Waals surface area contributed by atoms with Crippen molar-refractivity contribution < 1.29 is 4.79 Å². The summed E-state index contributed by atoms with van der Waals surface area (Å²) in [7, 11) is 0. The average molecular weight is 210 g/mol. The first-order valence-electron chi connectivity index (χ1n) is 5.31. The van der Waals surface area contributed by atoms with Gasteiger partial charge in [-0.25, -0.2) is 0 Å². The van der Waals surface area contributed by atoms with E-state index >= 15 is 0 Å². The Balaban J connectivity index is 4.24. The van der Waals surface area contributed by atoms with Crippen molar-refractivity contribution in [2.75, 3.05) is 0 Å². The number of hydrogen-bond acceptors (Lipinski definition) is 2. The Morgan fingerprint density at radius 2 is 1.80 bits per heavy atom. The fourth-order valence-corrected chi connectivity index (χ4v) is 1.01. The minimum atomic E-state index is -0.769. The van der Waals surface area contributed by atoms with Gasteiger partial charge in [0.25, 0.3) is 0 Å². The molecule has 0 aromatic rings. The fourth-order valence-electron chi connectivity index (χ4n) is 1.01. The molecule has 0 bridgehead atoms. The van der Waals surface area contributed by atoms with Crippen LogP contribution in [0.5, 0.6) is 0 Å². The monoisotopic (exact) mass is 210 g/mol. The highest BCUT2D eigenvalue weighted by Gasteiger charge is 2.25. The van der Waals surface area contributed by atoms with Gasteiger partial charge in [-0.15, -0.1) is 0 Å². The molecule has 0 saturated heterocycles. The number of nitrogens with one attached hydrogen (secondary N) is 1. The van der Waals surface area contributed by atoms with E-state index in [0.717, 1.165) is 0 Å². The van der Waals surface area contributed by atoms with Crippen molar-refractivity contribution >= 4 is 5.91 Å². The molecule has 15 heavy (non-hydrogen) atoms. The van der Waals surface area contributed by atoms with Gasteiger partial charge in [0.05, 0.1) is 6.07 Å². The first kappa shape index (κ1) is 14.0. The average Bonchev–Trinajstić information content (AvgIpc) is 2.01. The van der Waals surface area contributed by atoms with Crippen LogP contribution in [-0.4, -0.2) is 11.4 Å². The predicted octanol–water partition coefficient (Wildman–Crippen LogP) is 2.48. The largest absolute Gasteiger partial charge is 0.338 e. The standard InChI is InChI=1S/C12H22N2O/c1-9(11(2,3)4)7-10(15)14-12(5,6)8-13/h9H,7H2,1-6H3,(H,14,15). The SMILES string of the molecule is CC(CC(=O)NC(C)(C)C#N)C(C)(C)C. The molecule has 86 valence electrons. The summed E-state index contributed by atoms with van der Waals surface area (Å²) in [6.45, 7) is 11.8. The molecule has 0 aliphatic carbocycles. The van der Waals surface area contributed by atoms with E-state index < -0.39 is 5.54 Å². The maximum atomic E-state index is 11.6. The lowest BCUT2D eigenvalue weighted by molar-refractivity contribution is -0.123. The molecule has 1 amide bonds. The van der Waals surface area contributed by atoms with Gasteiger partial charge in [-0.3, -0.25) is 4.79 Å². The number of carbonyl (C=O) groups is 1. The number of amides is 1. The van der Waals surface area contributed by atoms with Crippen LogP contribution in [0.4, 0.5) is 0 Å². The Labute approximate surface area is 92.9 Å². The van der Waals surface area contributed by atoms with Crippen LogP contribution in [-0.2, 0) is 4.79 Å². The van der Waals surface area contributed by atoms with E-state index in [4.69, 9.17) is 5.26 Å². The molecule has 0 aliphatic heterocycles. The highest BCUT2D eigenvalue weighted by Crippen LogP contribution is 2.27. The summed E-state index contributed by atoms with van der Waals surface area (Å²) in [6.07, 6.45) is 0.467. The number of nitrogens with zero attached hydrogens (tertiary/aromatic N) is 1. The van der Waals surface area contributed by atoms with Gasteiger partial charge in [-0.2, -0.15) is 5.26 Å². The van der Waals surface area contributed by atoms with Crippen molar-refractivity contribution in [3.8, 4) is 6.07 Å². The van der Waals surface area contributed by atoms with E-state index in [2.05, 4.69) is 39.1 Å². The van der Waals surface area contributed by atoms with Gasteiger partial charge in [0, 0.05) is 6.42 Å². The zero-order valence-electron chi connectivity index (χ0n) is 10.6. The van der Waals surface area contributed by atoms with Crippen LogP contribution in [0.2, 0.25) is 0 Å². The van der Waals surface area contributed by atoms with Crippen LogP contribution in [0.25, 0.3) is 0 Å². The van der Waals surface area contributed by atoms with E-state index in [1.54, 1.807) is 13.8 Å². The number of carbonyl (C=O) groups excluding carboxylic acids is 1. The van der Waals surface area contributed by atoms with Crippen LogP contribution in [0.15, 0.2) is 0 Å². The Morgan fingerprint density at radius 3 is 2.13 bits per heavy atom. The highest BCUT2D eigenvalue weighted by molar-refractivity contribution is 5.77. The normalized spacial score (nSPS) is 14.2. The second-order valence-electron chi connectivity index (χ2n) is 5.76. The molecule has 1 N–H and O–H groups in total. The zero-order chi connectivity index (χ0) is 12.3. The molecule has 0 heterocycles. The van der Waals surface area contributed by atoms with E-state index in [1.165, 1.54) is 0 Å². The molecule has 0 aliphatic rings. The predicted molar refractivity (Wildman–Crippen MR) is 61.1 cm³/mol. The van der Waals surface area contributed by atoms with Gasteiger partial charge < -0.3 is 5.32 Å². The van der Waals surface area contributed by atoms with Crippen LogP contribution in [0.1, 0.15) is 48.0 Å². The summed E-state index contributed by atoms with van der Waals surface area (Å²) in [4.78, 5) is 11.6. The van der Waals surface area contributed by atoms with Crippen molar-refractivity contribution in [2.24, 2.45) is 11.3 Å². The number of nitriles is 1. The molecule has 0 aromatic heterocycles. The fraction of sp³-hybridized carbons (Fsp3) is 0.833. The van der Waals surface area contributed by atoms with Gasteiger partial charge >= 0.3 is 0 Å². The summed E-state index contributed by atoms with van der Waals surface area (Å²) in [5, 5.41) is 11.5. The van der Waals surface area contributed by atoms with Crippen LogP contribution in [0, 0.1) is 22.7 Å². The Bertz CT molecular complexity index is 268. The first-order chi connectivity index (χ1) is 6.58. The Morgan fingerprint density at radius 1 is 1.33 bits per heavy atom. The maximum absolute atomic E-state index is 11.6. The Hall–Kier alpha value is -1.04. The van der Waals surface area contributed by atoms with E-state index in [0.29, 0.717) is 12.3 Å². The topological polar surface area (TPSA) is 52.9 Å². The van der Waals surface area contributed by atoms with Crippen LogP contribution in [0.3, 0.4) is 0 Å². The highest BCUT2D eigenvalue weighted by atomic mass is 16.1. The minimum Gasteiger partial charge on any atom is -0.338 e. The second-order valence-corrected chi connectivity index (χ2v) is 5.76. The smallest absolute Gasteiger partial charge is 0.221 e. The lowest BCUT2D eigenvalue weighted by Crippen LogP contribution is -2.43. The molecule has 1 unspecified atom stereocenters. The molecule has 0 fully saturated rings.